The van der Waals surface area contributed by atoms with Crippen molar-refractivity contribution in [2.75, 3.05) is 7.11 Å². The maximum atomic E-state index is 6.18. The molecule has 0 aliphatic heterocycles. The van der Waals surface area contributed by atoms with E-state index in [4.69, 9.17) is 22.1 Å². The van der Waals surface area contributed by atoms with Gasteiger partial charge in [0, 0.05) is 36.3 Å². The van der Waals surface area contributed by atoms with Gasteiger partial charge in [-0.1, -0.05) is 11.6 Å². The second-order valence-corrected chi connectivity index (χ2v) is 4.29. The van der Waals surface area contributed by atoms with Crippen LogP contribution in [0.25, 0.3) is 10.9 Å². The number of methoxy groups -OCH3 is 1. The molecule has 0 spiro atoms. The van der Waals surface area contributed by atoms with Crippen LogP contribution in [0.1, 0.15) is 11.1 Å². The van der Waals surface area contributed by atoms with Crippen LogP contribution in [-0.2, 0) is 13.6 Å². The fourth-order valence-electron chi connectivity index (χ4n) is 2.13. The average Bonchev–Trinajstić information content (AvgIpc) is 2.61. The highest BCUT2D eigenvalue weighted by molar-refractivity contribution is 6.32. The van der Waals surface area contributed by atoms with E-state index >= 15 is 0 Å². The molecule has 0 saturated heterocycles. The predicted molar refractivity (Wildman–Crippen MR) is 67.1 cm³/mol. The van der Waals surface area contributed by atoms with Crippen LogP contribution in [0.15, 0.2) is 12.3 Å². The van der Waals surface area contributed by atoms with Gasteiger partial charge in [0.25, 0.3) is 0 Å². The molecule has 0 atom stereocenters. The Balaban J connectivity index is 2.95. The minimum Gasteiger partial charge on any atom is -0.494 e. The van der Waals surface area contributed by atoms with Crippen LogP contribution in [0.4, 0.5) is 0 Å². The summed E-state index contributed by atoms with van der Waals surface area (Å²) in [6.45, 7) is 2.50. The number of benzene rings is 1. The molecule has 4 heteroatoms. The van der Waals surface area contributed by atoms with Crippen molar-refractivity contribution < 1.29 is 4.74 Å². The average molecular weight is 239 g/mol. The van der Waals surface area contributed by atoms with E-state index in [1.807, 2.05) is 30.8 Å². The summed E-state index contributed by atoms with van der Waals surface area (Å²) in [4.78, 5) is 0. The molecule has 0 amide bonds. The van der Waals surface area contributed by atoms with Gasteiger partial charge in [0.15, 0.2) is 0 Å². The number of fused-ring (bicyclic) bond motifs is 1. The summed E-state index contributed by atoms with van der Waals surface area (Å²) in [5, 5.41) is 1.82. The molecule has 0 radical (unpaired) electrons. The van der Waals surface area contributed by atoms with E-state index in [1.54, 1.807) is 7.11 Å². The SMILES string of the molecule is COc1cc(Cl)c(C)c2c(CN)cn(C)c12. The zero-order valence-electron chi connectivity index (χ0n) is 9.67. The largest absolute Gasteiger partial charge is 0.494 e. The highest BCUT2D eigenvalue weighted by Crippen LogP contribution is 2.36. The molecule has 1 heterocycles. The highest BCUT2D eigenvalue weighted by atomic mass is 35.5. The third kappa shape index (κ3) is 1.47. The van der Waals surface area contributed by atoms with Crippen LogP contribution >= 0.6 is 11.6 Å². The number of nitrogens with two attached hydrogens (primary N) is 1. The number of rotatable bonds is 2. The molecule has 0 fully saturated rings. The second-order valence-electron chi connectivity index (χ2n) is 3.88. The van der Waals surface area contributed by atoms with Crippen molar-refractivity contribution in [3.63, 3.8) is 0 Å². The summed E-state index contributed by atoms with van der Waals surface area (Å²) in [7, 11) is 3.63. The van der Waals surface area contributed by atoms with Gasteiger partial charge < -0.3 is 15.0 Å². The molecule has 16 heavy (non-hydrogen) atoms. The fourth-order valence-corrected chi connectivity index (χ4v) is 2.32. The molecule has 2 aromatic rings. The fraction of sp³-hybridized carbons (Fsp3) is 0.333. The van der Waals surface area contributed by atoms with E-state index in [0.29, 0.717) is 11.6 Å². The summed E-state index contributed by atoms with van der Waals surface area (Å²) >= 11 is 6.18. The molecule has 2 rings (SSSR count). The van der Waals surface area contributed by atoms with Crippen LogP contribution < -0.4 is 10.5 Å². The van der Waals surface area contributed by atoms with Crippen LogP contribution in [0, 0.1) is 6.92 Å². The molecule has 0 bridgehead atoms. The molecular formula is C12H15ClN2O. The Hall–Kier alpha value is -1.19. The number of aromatic nitrogens is 1. The van der Waals surface area contributed by atoms with Crippen LogP contribution in [-0.4, -0.2) is 11.7 Å². The predicted octanol–water partition coefficient (Wildman–Crippen LogP) is 2.61. The zero-order chi connectivity index (χ0) is 11.9. The summed E-state index contributed by atoms with van der Waals surface area (Å²) in [6.07, 6.45) is 2.02. The van der Waals surface area contributed by atoms with Crippen LogP contribution in [0.5, 0.6) is 5.75 Å². The Morgan fingerprint density at radius 1 is 1.50 bits per heavy atom. The van der Waals surface area contributed by atoms with Crippen molar-refractivity contribution in [1.29, 1.82) is 0 Å². The lowest BCUT2D eigenvalue weighted by Crippen LogP contribution is -1.95. The number of aryl methyl sites for hydroxylation is 2. The summed E-state index contributed by atoms with van der Waals surface area (Å²) in [5.41, 5.74) is 8.94. The molecule has 1 aromatic heterocycles. The normalized spacial score (nSPS) is 11.1. The lowest BCUT2D eigenvalue weighted by Gasteiger charge is -2.09. The molecule has 0 aliphatic carbocycles. The van der Waals surface area contributed by atoms with Gasteiger partial charge >= 0.3 is 0 Å². The van der Waals surface area contributed by atoms with Gasteiger partial charge in [-0.05, 0) is 18.1 Å². The molecule has 3 nitrogen and oxygen atoms in total. The first-order chi connectivity index (χ1) is 7.60. The standard InChI is InChI=1S/C12H15ClN2O/c1-7-9(13)4-10(16-3)12-11(7)8(5-14)6-15(12)2/h4,6H,5,14H2,1-3H3. The lowest BCUT2D eigenvalue weighted by atomic mass is 10.1. The highest BCUT2D eigenvalue weighted by Gasteiger charge is 2.15. The smallest absolute Gasteiger partial charge is 0.144 e. The van der Waals surface area contributed by atoms with Crippen LogP contribution in [0.2, 0.25) is 5.02 Å². The summed E-state index contributed by atoms with van der Waals surface area (Å²) in [5.74, 6) is 0.785. The Bertz CT molecular complexity index is 546. The van der Waals surface area contributed by atoms with Crippen molar-refractivity contribution in [3.05, 3.63) is 28.4 Å². The summed E-state index contributed by atoms with van der Waals surface area (Å²) < 4.78 is 7.38. The first kappa shape index (κ1) is 11.3. The van der Waals surface area contributed by atoms with E-state index in [-0.39, 0.29) is 0 Å². The zero-order valence-corrected chi connectivity index (χ0v) is 10.4. The molecule has 0 aliphatic rings. The maximum absolute atomic E-state index is 6.18. The van der Waals surface area contributed by atoms with Gasteiger partial charge in [-0.2, -0.15) is 0 Å². The van der Waals surface area contributed by atoms with Crippen molar-refractivity contribution in [3.8, 4) is 5.75 Å². The number of hydrogen-bond acceptors (Lipinski definition) is 2. The maximum Gasteiger partial charge on any atom is 0.144 e. The number of hydrogen-bond donors (Lipinski definition) is 1. The quantitative estimate of drug-likeness (QED) is 0.874. The topological polar surface area (TPSA) is 40.2 Å². The Morgan fingerprint density at radius 2 is 2.19 bits per heavy atom. The van der Waals surface area contributed by atoms with Gasteiger partial charge in [0.1, 0.15) is 5.75 Å². The number of ether oxygens (including phenoxy) is 1. The van der Waals surface area contributed by atoms with Gasteiger partial charge in [-0.3, -0.25) is 0 Å². The van der Waals surface area contributed by atoms with E-state index in [2.05, 4.69) is 0 Å². The molecule has 2 N–H and O–H groups in total. The first-order valence-electron chi connectivity index (χ1n) is 5.11. The van der Waals surface area contributed by atoms with Crippen LogP contribution in [0.3, 0.4) is 0 Å². The Morgan fingerprint density at radius 3 is 2.75 bits per heavy atom. The van der Waals surface area contributed by atoms with Gasteiger partial charge in [0.2, 0.25) is 0 Å². The minimum atomic E-state index is 0.502. The molecule has 86 valence electrons. The monoisotopic (exact) mass is 238 g/mol. The Kier molecular flexibility index (Phi) is 2.82. The summed E-state index contributed by atoms with van der Waals surface area (Å²) in [6, 6.07) is 1.85. The van der Waals surface area contributed by atoms with E-state index in [9.17, 15) is 0 Å². The Labute approximate surface area is 99.7 Å². The second kappa shape index (κ2) is 4.00. The van der Waals surface area contributed by atoms with E-state index in [0.717, 1.165) is 27.8 Å². The van der Waals surface area contributed by atoms with Crippen molar-refractivity contribution in [2.24, 2.45) is 12.8 Å². The number of nitrogens with zero attached hydrogens (tertiary/aromatic N) is 1. The molecule has 0 unspecified atom stereocenters. The van der Waals surface area contributed by atoms with Gasteiger partial charge in [0.05, 0.1) is 12.6 Å². The van der Waals surface area contributed by atoms with Crippen molar-refractivity contribution >= 4 is 22.5 Å². The van der Waals surface area contributed by atoms with E-state index in [1.165, 1.54) is 0 Å². The minimum absolute atomic E-state index is 0.502. The molecular weight excluding hydrogens is 224 g/mol. The third-order valence-electron chi connectivity index (χ3n) is 2.92. The van der Waals surface area contributed by atoms with Crippen molar-refractivity contribution in [1.82, 2.24) is 4.57 Å². The molecule has 1 aromatic carbocycles. The molecule has 0 saturated carbocycles. The first-order valence-corrected chi connectivity index (χ1v) is 5.49. The van der Waals surface area contributed by atoms with Gasteiger partial charge in [-0.25, -0.2) is 0 Å². The third-order valence-corrected chi connectivity index (χ3v) is 3.32. The number of halogens is 1. The lowest BCUT2D eigenvalue weighted by molar-refractivity contribution is 0.418. The van der Waals surface area contributed by atoms with E-state index < -0.39 is 0 Å². The van der Waals surface area contributed by atoms with Crippen molar-refractivity contribution in [2.45, 2.75) is 13.5 Å². The van der Waals surface area contributed by atoms with Gasteiger partial charge in [-0.15, -0.1) is 0 Å².